The quantitative estimate of drug-likeness (QED) is 0.198. The number of amides is 2. The van der Waals surface area contributed by atoms with E-state index >= 15 is 0 Å². The predicted octanol–water partition coefficient (Wildman–Crippen LogP) is 4.82. The number of nitrogens with zero attached hydrogens (tertiary/aromatic N) is 2. The fraction of sp³-hybridized carbons (Fsp3) is 0.414. The molecule has 216 valence electrons. The van der Waals surface area contributed by atoms with Gasteiger partial charge in [0.1, 0.15) is 5.00 Å². The summed E-state index contributed by atoms with van der Waals surface area (Å²) in [5.41, 5.74) is 2.61. The van der Waals surface area contributed by atoms with Gasteiger partial charge in [-0.15, -0.1) is 29.5 Å². The Kier molecular flexibility index (Phi) is 10.8. The molecule has 1 N–H and O–H groups in total. The molecule has 0 unspecified atom stereocenters. The van der Waals surface area contributed by atoms with Crippen molar-refractivity contribution in [1.82, 2.24) is 4.57 Å². The topological polar surface area (TPSA) is 116 Å². The Labute approximate surface area is 250 Å². The smallest absolute Gasteiger partial charge is 0.341 e. The highest BCUT2D eigenvalue weighted by Crippen LogP contribution is 2.38. The lowest BCUT2D eigenvalue weighted by Gasteiger charge is -2.08. The number of nitrogens with one attached hydrogen (secondary N) is 1. The highest BCUT2D eigenvalue weighted by molar-refractivity contribution is 8.00. The van der Waals surface area contributed by atoms with Crippen LogP contribution in [0.15, 0.2) is 23.2 Å². The van der Waals surface area contributed by atoms with Gasteiger partial charge in [0.15, 0.2) is 4.80 Å². The van der Waals surface area contributed by atoms with Crippen LogP contribution in [0.1, 0.15) is 64.3 Å². The van der Waals surface area contributed by atoms with E-state index in [-0.39, 0.29) is 37.2 Å². The van der Waals surface area contributed by atoms with Crippen LogP contribution in [0.3, 0.4) is 0 Å². The minimum absolute atomic E-state index is 0.0164. The summed E-state index contributed by atoms with van der Waals surface area (Å²) < 4.78 is 12.8. The maximum Gasteiger partial charge on any atom is 0.341 e. The summed E-state index contributed by atoms with van der Waals surface area (Å²) in [6, 6.07) is 5.11. The minimum atomic E-state index is -0.428. The summed E-state index contributed by atoms with van der Waals surface area (Å²) in [5, 5.41) is 3.39. The largest absolute Gasteiger partial charge is 0.462 e. The molecule has 2 amide bonds. The zero-order valence-electron chi connectivity index (χ0n) is 22.9. The average Bonchev–Trinajstić information content (AvgIpc) is 3.35. The van der Waals surface area contributed by atoms with Gasteiger partial charge >= 0.3 is 11.9 Å². The number of terminal acetylenes is 1. The van der Waals surface area contributed by atoms with Crippen molar-refractivity contribution in [3.8, 4) is 12.3 Å². The molecule has 1 aliphatic rings. The van der Waals surface area contributed by atoms with Crippen LogP contribution in [0.25, 0.3) is 10.2 Å². The Morgan fingerprint density at radius 1 is 1.05 bits per heavy atom. The van der Waals surface area contributed by atoms with Crippen LogP contribution < -0.4 is 10.1 Å². The van der Waals surface area contributed by atoms with Gasteiger partial charge in [-0.1, -0.05) is 23.7 Å². The number of aryl methyl sites for hydroxylation is 1. The lowest BCUT2D eigenvalue weighted by atomic mass is 10.1. The molecule has 3 aromatic rings. The van der Waals surface area contributed by atoms with Gasteiger partial charge in [0, 0.05) is 4.88 Å². The van der Waals surface area contributed by atoms with Crippen LogP contribution in [-0.4, -0.2) is 53.0 Å². The first-order chi connectivity index (χ1) is 19.9. The highest BCUT2D eigenvalue weighted by Gasteiger charge is 2.26. The lowest BCUT2D eigenvalue weighted by molar-refractivity contribution is -0.115. The second-order valence-corrected chi connectivity index (χ2v) is 12.2. The van der Waals surface area contributed by atoms with Gasteiger partial charge in [0.05, 0.1) is 52.6 Å². The third-order valence-electron chi connectivity index (χ3n) is 6.28. The van der Waals surface area contributed by atoms with Crippen LogP contribution in [0.2, 0.25) is 0 Å². The van der Waals surface area contributed by atoms with Crippen LogP contribution in [0.5, 0.6) is 0 Å². The van der Waals surface area contributed by atoms with Crippen LogP contribution in [0.4, 0.5) is 5.00 Å². The van der Waals surface area contributed by atoms with Gasteiger partial charge < -0.3 is 19.4 Å². The zero-order valence-corrected chi connectivity index (χ0v) is 25.4. The third kappa shape index (κ3) is 7.47. The molecule has 2 aromatic heterocycles. The SMILES string of the molecule is C#CCn1c(=NC(=O)CSCC(=O)Nc2sc3c(c2C(=O)OCC)CCCCC3)sc2cc(C(=O)OCC)ccc21. The van der Waals surface area contributed by atoms with E-state index in [1.807, 2.05) is 0 Å². The number of fused-ring (bicyclic) bond motifs is 2. The number of hydrogen-bond acceptors (Lipinski definition) is 9. The third-order valence-corrected chi connectivity index (χ3v) is 9.44. The van der Waals surface area contributed by atoms with Gasteiger partial charge in [-0.2, -0.15) is 4.99 Å². The monoisotopic (exact) mass is 613 g/mol. The van der Waals surface area contributed by atoms with Crippen molar-refractivity contribution >= 4 is 73.4 Å². The molecule has 0 saturated carbocycles. The summed E-state index contributed by atoms with van der Waals surface area (Å²) >= 11 is 3.82. The lowest BCUT2D eigenvalue weighted by Crippen LogP contribution is -2.19. The Balaban J connectivity index is 1.43. The van der Waals surface area contributed by atoms with Crippen molar-refractivity contribution in [3.63, 3.8) is 0 Å². The van der Waals surface area contributed by atoms with E-state index < -0.39 is 17.8 Å². The molecule has 41 heavy (non-hydrogen) atoms. The second kappa shape index (κ2) is 14.5. The molecule has 1 aromatic carbocycles. The van der Waals surface area contributed by atoms with Crippen molar-refractivity contribution in [2.45, 2.75) is 52.5 Å². The minimum Gasteiger partial charge on any atom is -0.462 e. The van der Waals surface area contributed by atoms with Gasteiger partial charge in [0.2, 0.25) is 5.91 Å². The molecule has 1 aliphatic carbocycles. The number of esters is 2. The number of anilines is 1. The number of ether oxygens (including phenoxy) is 2. The Morgan fingerprint density at radius 2 is 1.80 bits per heavy atom. The zero-order chi connectivity index (χ0) is 29.4. The number of thiophene rings is 1. The van der Waals surface area contributed by atoms with Crippen molar-refractivity contribution in [2.75, 3.05) is 30.0 Å². The number of thioether (sulfide) groups is 1. The molecule has 2 heterocycles. The predicted molar refractivity (Wildman–Crippen MR) is 163 cm³/mol. The molecule has 0 radical (unpaired) electrons. The van der Waals surface area contributed by atoms with E-state index in [4.69, 9.17) is 15.9 Å². The molecule has 0 aliphatic heterocycles. The maximum atomic E-state index is 12.8. The van der Waals surface area contributed by atoms with Gasteiger partial charge in [-0.25, -0.2) is 9.59 Å². The molecule has 9 nitrogen and oxygen atoms in total. The summed E-state index contributed by atoms with van der Waals surface area (Å²) in [5.74, 6) is 1.01. The average molecular weight is 614 g/mol. The fourth-order valence-corrected chi connectivity index (χ4v) is 7.50. The van der Waals surface area contributed by atoms with E-state index in [0.717, 1.165) is 64.5 Å². The normalized spacial score (nSPS) is 13.2. The molecule has 12 heteroatoms. The van der Waals surface area contributed by atoms with E-state index in [2.05, 4.69) is 16.2 Å². The number of benzene rings is 1. The Bertz CT molecular complexity index is 1580. The van der Waals surface area contributed by atoms with Crippen LogP contribution >= 0.6 is 34.4 Å². The molecular formula is C29H31N3O6S3. The molecule has 0 bridgehead atoms. The summed E-state index contributed by atoms with van der Waals surface area (Å²) in [6.07, 6.45) is 10.4. The molecule has 4 rings (SSSR count). The van der Waals surface area contributed by atoms with Crippen molar-refractivity contribution in [1.29, 1.82) is 0 Å². The van der Waals surface area contributed by atoms with Crippen LogP contribution in [0, 0.1) is 12.3 Å². The van der Waals surface area contributed by atoms with E-state index in [0.29, 0.717) is 20.9 Å². The van der Waals surface area contributed by atoms with E-state index in [1.54, 1.807) is 36.6 Å². The Morgan fingerprint density at radius 3 is 2.56 bits per heavy atom. The number of aromatic nitrogens is 1. The molecule has 0 spiro atoms. The first-order valence-corrected chi connectivity index (χ1v) is 16.2. The molecule has 0 atom stereocenters. The number of carbonyl (C=O) groups excluding carboxylic acids is 4. The molecule has 0 fully saturated rings. The standard InChI is InChI=1S/C29H31N3O6S3/c1-4-14-32-20-13-12-18(27(35)37-5-2)15-22(20)41-29(32)31-24(34)17-39-16-23(33)30-26-25(28(36)38-6-3)19-10-8-7-9-11-21(19)40-26/h1,12-13,15H,5-11,14,16-17H2,2-3H3,(H,30,33). The summed E-state index contributed by atoms with van der Waals surface area (Å²) in [6.45, 7) is 4.22. The van der Waals surface area contributed by atoms with E-state index in [9.17, 15) is 19.2 Å². The first kappa shape index (κ1) is 30.6. The van der Waals surface area contributed by atoms with Gasteiger partial charge in [0.25, 0.3) is 5.91 Å². The van der Waals surface area contributed by atoms with Gasteiger partial charge in [-0.05, 0) is 63.3 Å². The molecule has 0 saturated heterocycles. The summed E-state index contributed by atoms with van der Waals surface area (Å²) in [7, 11) is 0. The number of rotatable bonds is 10. The van der Waals surface area contributed by atoms with E-state index in [1.165, 1.54) is 22.7 Å². The van der Waals surface area contributed by atoms with Crippen molar-refractivity contribution < 1.29 is 28.7 Å². The highest BCUT2D eigenvalue weighted by atomic mass is 32.2. The first-order valence-electron chi connectivity index (χ1n) is 13.4. The molecular weight excluding hydrogens is 583 g/mol. The maximum absolute atomic E-state index is 12.8. The van der Waals surface area contributed by atoms with Crippen molar-refractivity contribution in [3.05, 3.63) is 44.6 Å². The second-order valence-electron chi connectivity index (χ2n) is 9.11. The number of hydrogen-bond donors (Lipinski definition) is 1. The Hall–Kier alpha value is -3.40. The summed E-state index contributed by atoms with van der Waals surface area (Å²) in [4.78, 5) is 56.1. The van der Waals surface area contributed by atoms with Crippen LogP contribution in [-0.2, 0) is 38.4 Å². The number of thiazole rings is 1. The van der Waals surface area contributed by atoms with Crippen molar-refractivity contribution in [2.24, 2.45) is 4.99 Å². The number of carbonyl (C=O) groups is 4. The van der Waals surface area contributed by atoms with Gasteiger partial charge in [-0.3, -0.25) is 9.59 Å². The fourth-order valence-electron chi connectivity index (χ4n) is 4.53.